The van der Waals surface area contributed by atoms with Gasteiger partial charge in [-0.1, -0.05) is 72.8 Å². The van der Waals surface area contributed by atoms with E-state index in [0.29, 0.717) is 0 Å². The molecule has 1 aliphatic carbocycles. The zero-order chi connectivity index (χ0) is 12.7. The van der Waals surface area contributed by atoms with E-state index in [1.54, 1.807) is 0 Å². The molecular weight excluding hydrogens is 228 g/mol. The fourth-order valence-electron chi connectivity index (χ4n) is 3.03. The summed E-state index contributed by atoms with van der Waals surface area (Å²) in [5.74, 6) is 0. The van der Waals surface area contributed by atoms with Crippen LogP contribution in [0, 0.1) is 0 Å². The molecular formula is C19H14. The molecule has 0 unspecified atom stereocenters. The van der Waals surface area contributed by atoms with Crippen molar-refractivity contribution < 1.29 is 0 Å². The summed E-state index contributed by atoms with van der Waals surface area (Å²) < 4.78 is 0. The van der Waals surface area contributed by atoms with Gasteiger partial charge in [0.2, 0.25) is 0 Å². The van der Waals surface area contributed by atoms with E-state index in [9.17, 15) is 0 Å². The first-order valence-corrected chi connectivity index (χ1v) is 6.70. The lowest BCUT2D eigenvalue weighted by Gasteiger charge is -2.19. The van der Waals surface area contributed by atoms with E-state index in [2.05, 4.69) is 72.8 Å². The molecule has 0 bridgehead atoms. The van der Waals surface area contributed by atoms with Crippen molar-refractivity contribution in [3.05, 3.63) is 89.5 Å². The highest BCUT2D eigenvalue weighted by Gasteiger charge is 2.15. The maximum absolute atomic E-state index is 2.35. The Bertz CT molecular complexity index is 774. The summed E-state index contributed by atoms with van der Waals surface area (Å²) in [6.07, 6.45) is 3.38. The molecule has 0 nitrogen and oxygen atoms in total. The van der Waals surface area contributed by atoms with Crippen LogP contribution in [0.4, 0.5) is 0 Å². The summed E-state index contributed by atoms with van der Waals surface area (Å²) in [5, 5.41) is 2.77. The molecule has 0 spiro atoms. The lowest BCUT2D eigenvalue weighted by molar-refractivity contribution is 1.27. The Kier molecular flexibility index (Phi) is 2.28. The quantitative estimate of drug-likeness (QED) is 0.573. The van der Waals surface area contributed by atoms with Crippen LogP contribution in [0.1, 0.15) is 16.7 Å². The highest BCUT2D eigenvalue weighted by atomic mass is 14.2. The second kappa shape index (κ2) is 4.10. The van der Waals surface area contributed by atoms with E-state index in [0.717, 1.165) is 6.42 Å². The molecule has 0 saturated heterocycles. The van der Waals surface area contributed by atoms with Gasteiger partial charge in [0, 0.05) is 0 Å². The third kappa shape index (κ3) is 1.61. The van der Waals surface area contributed by atoms with E-state index in [1.807, 2.05) is 0 Å². The molecule has 0 N–H and O–H groups in total. The lowest BCUT2D eigenvalue weighted by atomic mass is 9.85. The highest BCUT2D eigenvalue weighted by molar-refractivity contribution is 6.01. The van der Waals surface area contributed by atoms with Crippen LogP contribution in [0.3, 0.4) is 0 Å². The van der Waals surface area contributed by atoms with Crippen molar-refractivity contribution in [2.75, 3.05) is 0 Å². The monoisotopic (exact) mass is 242 g/mol. The zero-order valence-electron chi connectivity index (χ0n) is 10.6. The van der Waals surface area contributed by atoms with E-state index in [1.165, 1.54) is 33.0 Å². The van der Waals surface area contributed by atoms with Crippen LogP contribution in [0.5, 0.6) is 0 Å². The number of rotatable bonds is 1. The van der Waals surface area contributed by atoms with Gasteiger partial charge < -0.3 is 0 Å². The number of allylic oxidation sites excluding steroid dienone is 1. The number of hydrogen-bond acceptors (Lipinski definition) is 0. The lowest BCUT2D eigenvalue weighted by Crippen LogP contribution is -1.99. The van der Waals surface area contributed by atoms with Crippen LogP contribution in [-0.2, 0) is 6.42 Å². The van der Waals surface area contributed by atoms with Crippen molar-refractivity contribution >= 4 is 16.3 Å². The van der Waals surface area contributed by atoms with Crippen LogP contribution in [0.2, 0.25) is 0 Å². The van der Waals surface area contributed by atoms with Crippen molar-refractivity contribution in [2.45, 2.75) is 6.42 Å². The minimum Gasteiger partial charge on any atom is -0.0716 e. The van der Waals surface area contributed by atoms with Gasteiger partial charge in [-0.05, 0) is 39.5 Å². The van der Waals surface area contributed by atoms with E-state index >= 15 is 0 Å². The first-order valence-electron chi connectivity index (χ1n) is 6.70. The van der Waals surface area contributed by atoms with E-state index in [-0.39, 0.29) is 0 Å². The van der Waals surface area contributed by atoms with Gasteiger partial charge in [-0.2, -0.15) is 0 Å². The van der Waals surface area contributed by atoms with Gasteiger partial charge in [-0.25, -0.2) is 0 Å². The average Bonchev–Trinajstić information content (AvgIpc) is 2.49. The molecule has 0 radical (unpaired) electrons. The molecule has 0 atom stereocenters. The Labute approximate surface area is 113 Å². The minimum atomic E-state index is 1.03. The Morgan fingerprint density at radius 3 is 2.32 bits per heavy atom. The molecule has 3 aromatic rings. The maximum Gasteiger partial charge on any atom is -0.00700 e. The Morgan fingerprint density at radius 1 is 0.684 bits per heavy atom. The van der Waals surface area contributed by atoms with Crippen LogP contribution in [0.25, 0.3) is 16.3 Å². The molecule has 0 fully saturated rings. The van der Waals surface area contributed by atoms with Gasteiger partial charge >= 0.3 is 0 Å². The van der Waals surface area contributed by atoms with Gasteiger partial charge in [0.25, 0.3) is 0 Å². The van der Waals surface area contributed by atoms with Gasteiger partial charge in [-0.3, -0.25) is 0 Å². The molecule has 19 heavy (non-hydrogen) atoms. The zero-order valence-corrected chi connectivity index (χ0v) is 10.6. The Balaban J connectivity index is 2.02. The fraction of sp³-hybridized carbons (Fsp3) is 0.0526. The van der Waals surface area contributed by atoms with Crippen molar-refractivity contribution in [3.8, 4) is 0 Å². The van der Waals surface area contributed by atoms with Crippen LogP contribution in [0.15, 0.2) is 72.8 Å². The van der Waals surface area contributed by atoms with E-state index in [4.69, 9.17) is 0 Å². The van der Waals surface area contributed by atoms with Crippen LogP contribution < -0.4 is 0 Å². The van der Waals surface area contributed by atoms with E-state index < -0.39 is 0 Å². The van der Waals surface area contributed by atoms with Gasteiger partial charge in [-0.15, -0.1) is 0 Å². The standard InChI is InChI=1S/C19H14/c1-2-6-14(7-3-1)17-13-12-16-9-4-8-15-10-5-11-18(17)19(15)16/h1-11,13H,12H2. The molecule has 0 heteroatoms. The van der Waals surface area contributed by atoms with Crippen LogP contribution in [-0.4, -0.2) is 0 Å². The molecule has 1 aliphatic rings. The minimum absolute atomic E-state index is 1.03. The molecule has 0 aromatic heterocycles. The summed E-state index contributed by atoms with van der Waals surface area (Å²) in [6.45, 7) is 0. The third-order valence-corrected chi connectivity index (χ3v) is 3.89. The molecule has 0 heterocycles. The summed E-state index contributed by atoms with van der Waals surface area (Å²) in [6, 6.07) is 23.9. The van der Waals surface area contributed by atoms with Crippen molar-refractivity contribution in [2.24, 2.45) is 0 Å². The molecule has 0 saturated carbocycles. The Morgan fingerprint density at radius 2 is 1.47 bits per heavy atom. The summed E-state index contributed by atoms with van der Waals surface area (Å²) in [7, 11) is 0. The molecule has 0 amide bonds. The second-order valence-electron chi connectivity index (χ2n) is 5.01. The van der Waals surface area contributed by atoms with Crippen molar-refractivity contribution in [3.63, 3.8) is 0 Å². The third-order valence-electron chi connectivity index (χ3n) is 3.89. The van der Waals surface area contributed by atoms with Crippen LogP contribution >= 0.6 is 0 Å². The van der Waals surface area contributed by atoms with Crippen molar-refractivity contribution in [1.29, 1.82) is 0 Å². The molecule has 0 aliphatic heterocycles. The Hall–Kier alpha value is -2.34. The summed E-state index contributed by atoms with van der Waals surface area (Å²) in [4.78, 5) is 0. The smallest absolute Gasteiger partial charge is 0.00700 e. The van der Waals surface area contributed by atoms with Gasteiger partial charge in [0.15, 0.2) is 0 Å². The first kappa shape index (κ1) is 10.6. The maximum atomic E-state index is 2.35. The topological polar surface area (TPSA) is 0 Å². The SMILES string of the molecule is C1=C(c2ccccc2)c2cccc3cccc(c23)C1. The summed E-state index contributed by atoms with van der Waals surface area (Å²) in [5.41, 5.74) is 5.48. The molecule has 4 rings (SSSR count). The van der Waals surface area contributed by atoms with Gasteiger partial charge in [0.1, 0.15) is 0 Å². The predicted octanol–water partition coefficient (Wildman–Crippen LogP) is 4.83. The normalized spacial score (nSPS) is 13.4. The number of hydrogen-bond donors (Lipinski definition) is 0. The van der Waals surface area contributed by atoms with Crippen molar-refractivity contribution in [1.82, 2.24) is 0 Å². The fourth-order valence-corrected chi connectivity index (χ4v) is 3.03. The molecule has 3 aromatic carbocycles. The summed E-state index contributed by atoms with van der Waals surface area (Å²) >= 11 is 0. The highest BCUT2D eigenvalue weighted by Crippen LogP contribution is 2.36. The average molecular weight is 242 g/mol. The first-order chi connectivity index (χ1) is 9.43. The number of benzene rings is 3. The second-order valence-corrected chi connectivity index (χ2v) is 5.01. The largest absolute Gasteiger partial charge is 0.0716 e. The van der Waals surface area contributed by atoms with Gasteiger partial charge in [0.05, 0.1) is 0 Å². The molecule has 90 valence electrons. The predicted molar refractivity (Wildman–Crippen MR) is 81.2 cm³/mol.